The molecule has 0 heterocycles. The zero-order chi connectivity index (χ0) is 37.9. The number of carbonyl (C=O) groups is 5. The van der Waals surface area contributed by atoms with Crippen molar-refractivity contribution >= 4 is 29.8 Å². The van der Waals surface area contributed by atoms with E-state index in [1.54, 1.807) is 19.1 Å². The molecule has 0 unspecified atom stereocenters. The maximum absolute atomic E-state index is 13.1. The average molecular weight is 701 g/mol. The lowest BCUT2D eigenvalue weighted by Crippen LogP contribution is -2.14. The highest BCUT2D eigenvalue weighted by Gasteiger charge is 2.24. The standard InChI is InChI=1S/C41H32O11/c1-8-35(42)48-30-16-14-29(15-17-30)41(46)51-34-23-26(6)33(36(47-7)37(34)52-39(44)25(4)5)22-11-27-9-12-28(13-10-27)40(45)50-32-20-18-31(19-21-32)49-38(43)24(2)3/h8-10,12-21,23H,1-2,4H2,3,5-7H3. The second-order valence-corrected chi connectivity index (χ2v) is 11.0. The monoisotopic (exact) mass is 700 g/mol. The van der Waals surface area contributed by atoms with Gasteiger partial charge < -0.3 is 28.4 Å². The van der Waals surface area contributed by atoms with Crippen LogP contribution in [0.5, 0.6) is 34.5 Å². The highest BCUT2D eigenvalue weighted by molar-refractivity contribution is 5.94. The van der Waals surface area contributed by atoms with Crippen molar-refractivity contribution in [2.24, 2.45) is 0 Å². The fraction of sp³-hybridized carbons (Fsp3) is 0.0976. The average Bonchev–Trinajstić information content (AvgIpc) is 3.12. The number of methoxy groups -OCH3 is 1. The highest BCUT2D eigenvalue weighted by atomic mass is 16.6. The largest absolute Gasteiger partial charge is 0.491 e. The number of benzene rings is 4. The molecule has 0 radical (unpaired) electrons. The van der Waals surface area contributed by atoms with Gasteiger partial charge in [-0.15, -0.1) is 0 Å². The van der Waals surface area contributed by atoms with E-state index in [1.807, 2.05) is 0 Å². The van der Waals surface area contributed by atoms with Crippen LogP contribution >= 0.6 is 0 Å². The topological polar surface area (TPSA) is 141 Å². The van der Waals surface area contributed by atoms with Gasteiger partial charge in [-0.2, -0.15) is 0 Å². The van der Waals surface area contributed by atoms with E-state index >= 15 is 0 Å². The number of hydrogen-bond acceptors (Lipinski definition) is 11. The van der Waals surface area contributed by atoms with Crippen molar-refractivity contribution in [3.8, 4) is 46.3 Å². The fourth-order valence-corrected chi connectivity index (χ4v) is 4.18. The van der Waals surface area contributed by atoms with Crippen molar-refractivity contribution in [3.63, 3.8) is 0 Å². The second-order valence-electron chi connectivity index (χ2n) is 11.0. The smallest absolute Gasteiger partial charge is 0.343 e. The van der Waals surface area contributed by atoms with Crippen molar-refractivity contribution < 1.29 is 52.4 Å². The third-order valence-corrected chi connectivity index (χ3v) is 6.87. The molecule has 0 amide bonds. The summed E-state index contributed by atoms with van der Waals surface area (Å²) in [6.45, 7) is 15.2. The predicted octanol–water partition coefficient (Wildman–Crippen LogP) is 6.90. The molecule has 0 aliphatic carbocycles. The van der Waals surface area contributed by atoms with Gasteiger partial charge in [0, 0.05) is 22.8 Å². The first-order chi connectivity index (χ1) is 24.8. The van der Waals surface area contributed by atoms with Gasteiger partial charge in [-0.1, -0.05) is 31.6 Å². The maximum Gasteiger partial charge on any atom is 0.343 e. The van der Waals surface area contributed by atoms with Crippen LogP contribution in [-0.2, 0) is 14.4 Å². The van der Waals surface area contributed by atoms with Crippen LogP contribution < -0.4 is 28.4 Å². The lowest BCUT2D eigenvalue weighted by Gasteiger charge is -2.17. The Labute approximate surface area is 299 Å². The predicted molar refractivity (Wildman–Crippen MR) is 190 cm³/mol. The number of ether oxygens (including phenoxy) is 6. The maximum atomic E-state index is 13.1. The zero-order valence-corrected chi connectivity index (χ0v) is 28.7. The lowest BCUT2D eigenvalue weighted by molar-refractivity contribution is -0.131. The summed E-state index contributed by atoms with van der Waals surface area (Å²) in [4.78, 5) is 61.6. The second kappa shape index (κ2) is 17.0. The number of aryl methyl sites for hydroxylation is 1. The van der Waals surface area contributed by atoms with Crippen molar-refractivity contribution in [2.75, 3.05) is 7.11 Å². The molecule has 0 N–H and O–H groups in total. The van der Waals surface area contributed by atoms with Gasteiger partial charge in [0.25, 0.3) is 0 Å². The zero-order valence-electron chi connectivity index (χ0n) is 28.7. The Hall–Kier alpha value is -7.19. The molecule has 0 aliphatic rings. The van der Waals surface area contributed by atoms with Gasteiger partial charge in [-0.25, -0.2) is 24.0 Å². The number of hydrogen-bond donors (Lipinski definition) is 0. The molecule has 0 atom stereocenters. The van der Waals surface area contributed by atoms with Crippen LogP contribution in [0.2, 0.25) is 0 Å². The third kappa shape index (κ3) is 9.71. The van der Waals surface area contributed by atoms with Crippen LogP contribution in [0.3, 0.4) is 0 Å². The van der Waals surface area contributed by atoms with E-state index in [4.69, 9.17) is 28.4 Å². The minimum Gasteiger partial charge on any atom is -0.491 e. The molecule has 0 aromatic heterocycles. The first-order valence-corrected chi connectivity index (χ1v) is 15.4. The van der Waals surface area contributed by atoms with Crippen molar-refractivity contribution in [1.82, 2.24) is 0 Å². The summed E-state index contributed by atoms with van der Waals surface area (Å²) in [7, 11) is 1.34. The molecule has 4 aromatic carbocycles. The Morgan fingerprint density at radius 2 is 1.10 bits per heavy atom. The van der Waals surface area contributed by atoms with E-state index < -0.39 is 29.8 Å². The molecule has 4 aromatic rings. The fourth-order valence-electron chi connectivity index (χ4n) is 4.18. The quantitative estimate of drug-likeness (QED) is 0.0699. The van der Waals surface area contributed by atoms with E-state index in [0.717, 1.165) is 6.08 Å². The third-order valence-electron chi connectivity index (χ3n) is 6.87. The van der Waals surface area contributed by atoms with Gasteiger partial charge in [0.2, 0.25) is 5.75 Å². The van der Waals surface area contributed by atoms with E-state index in [2.05, 4.69) is 31.6 Å². The minimum absolute atomic E-state index is 0.0252. The molecule has 0 bridgehead atoms. The van der Waals surface area contributed by atoms with Crippen molar-refractivity contribution in [3.05, 3.63) is 144 Å². The van der Waals surface area contributed by atoms with E-state index in [-0.39, 0.29) is 56.8 Å². The van der Waals surface area contributed by atoms with Gasteiger partial charge in [-0.05, 0) is 105 Å². The van der Waals surface area contributed by atoms with Crippen LogP contribution in [0.4, 0.5) is 0 Å². The van der Waals surface area contributed by atoms with E-state index in [1.165, 1.54) is 87.7 Å². The molecule has 0 fully saturated rings. The first-order valence-electron chi connectivity index (χ1n) is 15.4. The summed E-state index contributed by atoms with van der Waals surface area (Å²) in [5.41, 5.74) is 2.08. The van der Waals surface area contributed by atoms with E-state index in [0.29, 0.717) is 16.7 Å². The molecule has 262 valence electrons. The molecule has 11 heteroatoms. The summed E-state index contributed by atoms with van der Waals surface area (Å²) in [6, 6.07) is 19.4. The Kier molecular flexibility index (Phi) is 12.3. The van der Waals surface area contributed by atoms with Crippen molar-refractivity contribution in [2.45, 2.75) is 20.8 Å². The number of esters is 5. The van der Waals surface area contributed by atoms with Crippen LogP contribution in [0.15, 0.2) is 116 Å². The Morgan fingerprint density at radius 3 is 1.63 bits per heavy atom. The SMILES string of the molecule is C=CC(=O)Oc1ccc(C(=O)Oc2cc(C)c(C#Cc3ccc(C(=O)Oc4ccc(OC(=O)C(=C)C)cc4)cc3)c(OC)c2OC(=O)C(=C)C)cc1. The molecule has 4 rings (SSSR count). The van der Waals surface area contributed by atoms with Crippen molar-refractivity contribution in [1.29, 1.82) is 0 Å². The molecule has 0 spiro atoms. The van der Waals surface area contributed by atoms with Crippen LogP contribution in [0.25, 0.3) is 0 Å². The van der Waals surface area contributed by atoms with Gasteiger partial charge in [0.1, 0.15) is 17.2 Å². The summed E-state index contributed by atoms with van der Waals surface area (Å²) in [5, 5.41) is 0. The van der Waals surface area contributed by atoms with Crippen LogP contribution in [0, 0.1) is 18.8 Å². The summed E-state index contributed by atoms with van der Waals surface area (Å²) < 4.78 is 32.4. The van der Waals surface area contributed by atoms with Gasteiger partial charge in [-0.3, -0.25) is 0 Å². The van der Waals surface area contributed by atoms with Crippen LogP contribution in [-0.4, -0.2) is 37.0 Å². The summed E-state index contributed by atoms with van der Waals surface area (Å²) >= 11 is 0. The molecule has 0 saturated carbocycles. The molecule has 11 nitrogen and oxygen atoms in total. The molecule has 0 aliphatic heterocycles. The molecular weight excluding hydrogens is 668 g/mol. The summed E-state index contributed by atoms with van der Waals surface area (Å²) in [6.07, 6.45) is 1.01. The number of rotatable bonds is 11. The molecule has 52 heavy (non-hydrogen) atoms. The number of carbonyl (C=O) groups excluding carboxylic acids is 5. The first kappa shape index (κ1) is 37.6. The Morgan fingerprint density at radius 1 is 0.615 bits per heavy atom. The minimum atomic E-state index is -0.797. The van der Waals surface area contributed by atoms with E-state index in [9.17, 15) is 24.0 Å². The normalized spacial score (nSPS) is 10.0. The van der Waals surface area contributed by atoms with Gasteiger partial charge in [0.05, 0.1) is 23.8 Å². The van der Waals surface area contributed by atoms with Gasteiger partial charge in [0.15, 0.2) is 11.5 Å². The van der Waals surface area contributed by atoms with Gasteiger partial charge >= 0.3 is 29.8 Å². The van der Waals surface area contributed by atoms with Crippen LogP contribution in [0.1, 0.15) is 51.3 Å². The summed E-state index contributed by atoms with van der Waals surface area (Å²) in [5.74, 6) is 2.99. The Balaban J connectivity index is 1.56. The highest BCUT2D eigenvalue weighted by Crippen LogP contribution is 2.42. The molecule has 0 saturated heterocycles. The lowest BCUT2D eigenvalue weighted by atomic mass is 10.0. The Bertz CT molecular complexity index is 2150. The molecular formula is C41H32O11.